The second-order valence-corrected chi connectivity index (χ2v) is 8.56. The van der Waals surface area contributed by atoms with Crippen molar-refractivity contribution in [3.63, 3.8) is 0 Å². The molecule has 0 saturated carbocycles. The molecule has 1 atom stereocenters. The van der Waals surface area contributed by atoms with E-state index in [1.807, 2.05) is 6.92 Å². The van der Waals surface area contributed by atoms with E-state index < -0.39 is 23.3 Å². The van der Waals surface area contributed by atoms with Crippen molar-refractivity contribution in [1.82, 2.24) is 14.6 Å². The van der Waals surface area contributed by atoms with Gasteiger partial charge in [-0.3, -0.25) is 9.59 Å². The number of nitrogens with zero attached hydrogens (tertiary/aromatic N) is 3. The third kappa shape index (κ3) is 5.55. The number of halogens is 3. The van der Waals surface area contributed by atoms with Crippen molar-refractivity contribution in [3.8, 4) is 5.75 Å². The summed E-state index contributed by atoms with van der Waals surface area (Å²) in [7, 11) is 1.31. The number of amides is 1. The van der Waals surface area contributed by atoms with E-state index in [1.165, 1.54) is 19.2 Å². The van der Waals surface area contributed by atoms with Gasteiger partial charge >= 0.3 is 6.18 Å². The molecule has 37 heavy (non-hydrogen) atoms. The molecule has 1 aromatic heterocycles. The van der Waals surface area contributed by atoms with Crippen LogP contribution < -0.4 is 20.5 Å². The molecule has 0 unspecified atom stereocenters. The number of anilines is 1. The van der Waals surface area contributed by atoms with Crippen LogP contribution in [-0.4, -0.2) is 40.8 Å². The van der Waals surface area contributed by atoms with E-state index >= 15 is 0 Å². The SMILES string of the molecule is CCOc1ccc(C(=O)N2CCc3nc(N[C@@H](C)c4ccc(C(F)(F)F)cc4)n(OC)c(=O)c3C2)cc1. The maximum atomic E-state index is 13.2. The van der Waals surface area contributed by atoms with Gasteiger partial charge < -0.3 is 19.8 Å². The van der Waals surface area contributed by atoms with Gasteiger partial charge in [0, 0.05) is 18.5 Å². The number of alkyl halides is 3. The molecule has 11 heteroatoms. The van der Waals surface area contributed by atoms with Crippen LogP contribution >= 0.6 is 0 Å². The monoisotopic (exact) mass is 516 g/mol. The van der Waals surface area contributed by atoms with Crippen LogP contribution in [-0.2, 0) is 19.1 Å². The van der Waals surface area contributed by atoms with Crippen molar-refractivity contribution in [2.24, 2.45) is 0 Å². The number of carbonyl (C=O) groups excluding carboxylic acids is 1. The maximum Gasteiger partial charge on any atom is 0.416 e. The van der Waals surface area contributed by atoms with Crippen LogP contribution in [0.15, 0.2) is 53.3 Å². The number of aromatic nitrogens is 2. The quantitative estimate of drug-likeness (QED) is 0.509. The Balaban J connectivity index is 1.54. The largest absolute Gasteiger partial charge is 0.494 e. The first-order chi connectivity index (χ1) is 17.6. The van der Waals surface area contributed by atoms with Crippen molar-refractivity contribution >= 4 is 11.9 Å². The minimum absolute atomic E-state index is 0.0747. The van der Waals surface area contributed by atoms with Gasteiger partial charge in [0.05, 0.1) is 36.0 Å². The van der Waals surface area contributed by atoms with Crippen molar-refractivity contribution in [1.29, 1.82) is 0 Å². The zero-order valence-corrected chi connectivity index (χ0v) is 20.6. The van der Waals surface area contributed by atoms with E-state index in [1.54, 1.807) is 36.1 Å². The van der Waals surface area contributed by atoms with Gasteiger partial charge in [0.2, 0.25) is 5.95 Å². The van der Waals surface area contributed by atoms with Crippen molar-refractivity contribution in [2.45, 2.75) is 39.0 Å². The van der Waals surface area contributed by atoms with Crippen LogP contribution in [0.3, 0.4) is 0 Å². The van der Waals surface area contributed by atoms with Crippen molar-refractivity contribution < 1.29 is 27.5 Å². The molecule has 2 heterocycles. The zero-order valence-electron chi connectivity index (χ0n) is 20.6. The van der Waals surface area contributed by atoms with Gasteiger partial charge in [0.15, 0.2) is 0 Å². The standard InChI is InChI=1S/C26H27F3N4O4/c1-4-37-20-11-7-18(8-12-20)23(34)32-14-13-22-21(15-32)24(35)33(36-3)25(31-22)30-16(2)17-5-9-19(10-6-17)26(27,28)29/h5-12,16H,4,13-15H2,1-3H3,(H,30,31)/t16-/m0/s1. The molecule has 0 bridgehead atoms. The smallest absolute Gasteiger partial charge is 0.416 e. The molecule has 1 amide bonds. The molecular formula is C26H27F3N4O4. The number of benzene rings is 2. The van der Waals surface area contributed by atoms with Crippen LogP contribution in [0.25, 0.3) is 0 Å². The topological polar surface area (TPSA) is 85.7 Å². The number of carbonyl (C=O) groups is 1. The Morgan fingerprint density at radius 2 is 1.81 bits per heavy atom. The number of hydrogen-bond donors (Lipinski definition) is 1. The highest BCUT2D eigenvalue weighted by Crippen LogP contribution is 2.30. The summed E-state index contributed by atoms with van der Waals surface area (Å²) in [5, 5.41) is 3.06. The maximum absolute atomic E-state index is 13.2. The van der Waals surface area contributed by atoms with E-state index in [0.29, 0.717) is 47.7 Å². The predicted molar refractivity (Wildman–Crippen MR) is 131 cm³/mol. The Kier molecular flexibility index (Phi) is 7.42. The molecular weight excluding hydrogens is 489 g/mol. The second-order valence-electron chi connectivity index (χ2n) is 8.56. The fraction of sp³-hybridized carbons (Fsp3) is 0.346. The summed E-state index contributed by atoms with van der Waals surface area (Å²) in [5.41, 5.74) is 0.744. The molecule has 0 aliphatic carbocycles. The van der Waals surface area contributed by atoms with Crippen LogP contribution in [0, 0.1) is 0 Å². The van der Waals surface area contributed by atoms with Gasteiger partial charge in [0.1, 0.15) is 12.9 Å². The first-order valence-corrected chi connectivity index (χ1v) is 11.8. The molecule has 0 spiro atoms. The fourth-order valence-electron chi connectivity index (χ4n) is 4.17. The number of fused-ring (bicyclic) bond motifs is 1. The summed E-state index contributed by atoms with van der Waals surface area (Å²) in [6.45, 7) is 4.59. The number of hydrogen-bond acceptors (Lipinski definition) is 6. The van der Waals surface area contributed by atoms with Crippen molar-refractivity contribution in [2.75, 3.05) is 25.6 Å². The summed E-state index contributed by atoms with van der Waals surface area (Å²) < 4.78 is 45.0. The zero-order chi connectivity index (χ0) is 26.7. The van der Waals surface area contributed by atoms with Gasteiger partial charge in [-0.15, -0.1) is 4.73 Å². The highest BCUT2D eigenvalue weighted by atomic mass is 19.4. The van der Waals surface area contributed by atoms with Gasteiger partial charge in [-0.05, 0) is 55.8 Å². The van der Waals surface area contributed by atoms with E-state index in [4.69, 9.17) is 9.57 Å². The number of nitrogens with one attached hydrogen (secondary N) is 1. The van der Waals surface area contributed by atoms with E-state index in [2.05, 4.69) is 10.3 Å². The Labute approximate surface area is 211 Å². The molecule has 4 rings (SSSR count). The first kappa shape index (κ1) is 26.1. The lowest BCUT2D eigenvalue weighted by Crippen LogP contribution is -2.42. The summed E-state index contributed by atoms with van der Waals surface area (Å²) in [6.07, 6.45) is -4.06. The lowest BCUT2D eigenvalue weighted by Gasteiger charge is -2.29. The third-order valence-corrected chi connectivity index (χ3v) is 6.16. The average molecular weight is 517 g/mol. The van der Waals surface area contributed by atoms with Gasteiger partial charge in [-0.25, -0.2) is 4.98 Å². The lowest BCUT2D eigenvalue weighted by molar-refractivity contribution is -0.137. The van der Waals surface area contributed by atoms with Gasteiger partial charge in [-0.2, -0.15) is 13.2 Å². The summed E-state index contributed by atoms with van der Waals surface area (Å²) in [5.74, 6) is 0.584. The second kappa shape index (κ2) is 10.5. The predicted octanol–water partition coefficient (Wildman–Crippen LogP) is 4.09. The van der Waals surface area contributed by atoms with E-state index in [0.717, 1.165) is 16.9 Å². The van der Waals surface area contributed by atoms with Gasteiger partial charge in [0.25, 0.3) is 11.5 Å². The lowest BCUT2D eigenvalue weighted by atomic mass is 10.0. The number of rotatable bonds is 7. The molecule has 0 fully saturated rings. The normalized spacial score (nSPS) is 14.1. The first-order valence-electron chi connectivity index (χ1n) is 11.8. The van der Waals surface area contributed by atoms with Crippen LogP contribution in [0.5, 0.6) is 5.75 Å². The van der Waals surface area contributed by atoms with Crippen molar-refractivity contribution in [3.05, 3.63) is 86.8 Å². The summed E-state index contributed by atoms with van der Waals surface area (Å²) >= 11 is 0. The van der Waals surface area contributed by atoms with E-state index in [-0.39, 0.29) is 18.4 Å². The highest BCUT2D eigenvalue weighted by Gasteiger charge is 2.31. The molecule has 1 aliphatic rings. The Bertz CT molecular complexity index is 1320. The number of ether oxygens (including phenoxy) is 1. The third-order valence-electron chi connectivity index (χ3n) is 6.16. The summed E-state index contributed by atoms with van der Waals surface area (Å²) in [6, 6.07) is 11.1. The highest BCUT2D eigenvalue weighted by molar-refractivity contribution is 5.94. The van der Waals surface area contributed by atoms with Crippen LogP contribution in [0.4, 0.5) is 19.1 Å². The van der Waals surface area contributed by atoms with E-state index in [9.17, 15) is 22.8 Å². The molecule has 0 saturated heterocycles. The molecule has 0 radical (unpaired) electrons. The Morgan fingerprint density at radius 1 is 1.14 bits per heavy atom. The minimum atomic E-state index is -4.42. The molecule has 1 aliphatic heterocycles. The average Bonchev–Trinajstić information content (AvgIpc) is 2.88. The fourth-order valence-corrected chi connectivity index (χ4v) is 4.17. The Hall–Kier alpha value is -4.02. The molecule has 2 aromatic carbocycles. The molecule has 1 N–H and O–H groups in total. The Morgan fingerprint density at radius 3 is 2.41 bits per heavy atom. The van der Waals surface area contributed by atoms with Crippen LogP contribution in [0.2, 0.25) is 0 Å². The minimum Gasteiger partial charge on any atom is -0.494 e. The van der Waals surface area contributed by atoms with Crippen LogP contribution in [0.1, 0.15) is 52.6 Å². The molecule has 8 nitrogen and oxygen atoms in total. The molecule has 3 aromatic rings. The summed E-state index contributed by atoms with van der Waals surface area (Å²) in [4.78, 5) is 37.7. The van der Waals surface area contributed by atoms with Gasteiger partial charge in [-0.1, -0.05) is 12.1 Å². The molecule has 196 valence electrons.